The molecule has 1 aliphatic rings. The standard InChI is InChI=1S/C23H21N5O5S/c1-15-25-22(28-10-9-24-16(28)2)14-23(26-15)33-18-5-3-17(4-6-18)27-34(29,30)19-7-8-20-21(13-19)32-12-11-31-20/h3-10,13-14,27H,11-12H2,1-2H3. The fourth-order valence-electron chi connectivity index (χ4n) is 3.44. The number of benzene rings is 2. The maximum Gasteiger partial charge on any atom is 0.262 e. The number of nitrogens with zero attached hydrogens (tertiary/aromatic N) is 4. The lowest BCUT2D eigenvalue weighted by Gasteiger charge is -2.19. The molecule has 0 saturated carbocycles. The zero-order valence-corrected chi connectivity index (χ0v) is 19.2. The number of imidazole rings is 1. The minimum Gasteiger partial charge on any atom is -0.486 e. The Morgan fingerprint density at radius 2 is 1.74 bits per heavy atom. The fraction of sp³-hybridized carbons (Fsp3) is 0.174. The quantitative estimate of drug-likeness (QED) is 0.445. The zero-order valence-electron chi connectivity index (χ0n) is 18.4. The zero-order chi connectivity index (χ0) is 23.7. The van der Waals surface area contributed by atoms with Gasteiger partial charge < -0.3 is 14.2 Å². The predicted molar refractivity (Wildman–Crippen MR) is 123 cm³/mol. The number of anilines is 1. The van der Waals surface area contributed by atoms with Crippen LogP contribution in [0.1, 0.15) is 11.6 Å². The summed E-state index contributed by atoms with van der Waals surface area (Å²) < 4.78 is 46.8. The first-order valence-electron chi connectivity index (χ1n) is 10.4. The van der Waals surface area contributed by atoms with Crippen LogP contribution in [-0.2, 0) is 10.0 Å². The second-order valence-electron chi connectivity index (χ2n) is 7.49. The summed E-state index contributed by atoms with van der Waals surface area (Å²) in [4.78, 5) is 13.0. The Hall–Kier alpha value is -4.12. The highest BCUT2D eigenvalue weighted by atomic mass is 32.2. The molecule has 0 amide bonds. The maximum atomic E-state index is 12.8. The molecule has 0 unspecified atom stereocenters. The molecule has 10 nitrogen and oxygen atoms in total. The van der Waals surface area contributed by atoms with E-state index in [1.165, 1.54) is 12.1 Å². The Kier molecular flexibility index (Phi) is 5.54. The van der Waals surface area contributed by atoms with Crippen LogP contribution in [0, 0.1) is 13.8 Å². The Morgan fingerprint density at radius 1 is 0.971 bits per heavy atom. The molecule has 0 fully saturated rings. The molecule has 2 aromatic heterocycles. The molecule has 4 aromatic rings. The number of ether oxygens (including phenoxy) is 3. The summed E-state index contributed by atoms with van der Waals surface area (Å²) in [6.45, 7) is 4.46. The Balaban J connectivity index is 1.32. The molecule has 174 valence electrons. The second kappa shape index (κ2) is 8.67. The molecule has 2 aromatic carbocycles. The van der Waals surface area contributed by atoms with Crippen LogP contribution in [0.2, 0.25) is 0 Å². The number of sulfonamides is 1. The number of aromatic nitrogens is 4. The van der Waals surface area contributed by atoms with Crippen LogP contribution < -0.4 is 18.9 Å². The molecule has 0 aliphatic carbocycles. The van der Waals surface area contributed by atoms with Crippen LogP contribution in [0.3, 0.4) is 0 Å². The molecule has 34 heavy (non-hydrogen) atoms. The summed E-state index contributed by atoms with van der Waals surface area (Å²) in [5.74, 6) is 3.76. The fourth-order valence-corrected chi connectivity index (χ4v) is 4.51. The van der Waals surface area contributed by atoms with Crippen LogP contribution in [0.15, 0.2) is 65.8 Å². The van der Waals surface area contributed by atoms with Crippen LogP contribution in [0.25, 0.3) is 5.82 Å². The molecule has 0 bridgehead atoms. The third-order valence-corrected chi connectivity index (χ3v) is 6.41. The van der Waals surface area contributed by atoms with Gasteiger partial charge in [0, 0.05) is 30.2 Å². The smallest absolute Gasteiger partial charge is 0.262 e. The van der Waals surface area contributed by atoms with Gasteiger partial charge >= 0.3 is 0 Å². The first-order valence-corrected chi connectivity index (χ1v) is 11.9. The normalized spacial score (nSPS) is 12.9. The molecule has 0 radical (unpaired) electrons. The van der Waals surface area contributed by atoms with Gasteiger partial charge in [0.05, 0.1) is 4.90 Å². The highest BCUT2D eigenvalue weighted by Gasteiger charge is 2.19. The summed E-state index contributed by atoms with van der Waals surface area (Å²) >= 11 is 0. The van der Waals surface area contributed by atoms with Gasteiger partial charge in [0.25, 0.3) is 10.0 Å². The van der Waals surface area contributed by atoms with E-state index in [4.69, 9.17) is 14.2 Å². The largest absolute Gasteiger partial charge is 0.486 e. The molecule has 0 atom stereocenters. The first kappa shape index (κ1) is 21.7. The summed E-state index contributed by atoms with van der Waals surface area (Å²) in [5.41, 5.74) is 0.385. The van der Waals surface area contributed by atoms with E-state index in [1.807, 2.05) is 17.7 Å². The monoisotopic (exact) mass is 479 g/mol. The Morgan fingerprint density at radius 3 is 2.47 bits per heavy atom. The summed E-state index contributed by atoms with van der Waals surface area (Å²) in [5, 5.41) is 0. The van der Waals surface area contributed by atoms with Gasteiger partial charge in [-0.25, -0.2) is 18.4 Å². The van der Waals surface area contributed by atoms with Gasteiger partial charge in [-0.1, -0.05) is 0 Å². The SMILES string of the molecule is Cc1nc(Oc2ccc(NS(=O)(=O)c3ccc4c(c3)OCCO4)cc2)cc(-n2ccnc2C)n1. The first-order chi connectivity index (χ1) is 16.4. The molecule has 1 N–H and O–H groups in total. The van der Waals surface area contributed by atoms with E-state index >= 15 is 0 Å². The Labute approximate surface area is 196 Å². The number of rotatable bonds is 6. The van der Waals surface area contributed by atoms with Crippen molar-refractivity contribution >= 4 is 15.7 Å². The van der Waals surface area contributed by atoms with E-state index in [2.05, 4.69) is 19.7 Å². The number of hydrogen-bond donors (Lipinski definition) is 1. The van der Waals surface area contributed by atoms with Crippen molar-refractivity contribution in [1.82, 2.24) is 19.5 Å². The van der Waals surface area contributed by atoms with E-state index in [0.717, 1.165) is 5.82 Å². The lowest BCUT2D eigenvalue weighted by molar-refractivity contribution is 0.171. The summed E-state index contributed by atoms with van der Waals surface area (Å²) in [7, 11) is -3.81. The van der Waals surface area contributed by atoms with Crippen LogP contribution >= 0.6 is 0 Å². The Bertz CT molecular complexity index is 1450. The van der Waals surface area contributed by atoms with Gasteiger partial charge in [-0.3, -0.25) is 9.29 Å². The molecule has 0 spiro atoms. The van der Waals surface area contributed by atoms with Gasteiger partial charge in [0.1, 0.15) is 36.4 Å². The molecule has 5 rings (SSSR count). The van der Waals surface area contributed by atoms with Crippen molar-refractivity contribution in [3.05, 3.63) is 72.6 Å². The number of nitrogens with one attached hydrogen (secondary N) is 1. The van der Waals surface area contributed by atoms with E-state index in [0.29, 0.717) is 53.7 Å². The van der Waals surface area contributed by atoms with Crippen molar-refractivity contribution in [3.63, 3.8) is 0 Å². The highest BCUT2D eigenvalue weighted by molar-refractivity contribution is 7.92. The van der Waals surface area contributed by atoms with Gasteiger partial charge in [-0.2, -0.15) is 4.98 Å². The van der Waals surface area contributed by atoms with Crippen LogP contribution in [-0.4, -0.2) is 41.2 Å². The van der Waals surface area contributed by atoms with Crippen molar-refractivity contribution < 1.29 is 22.6 Å². The number of aryl methyl sites for hydroxylation is 2. The van der Waals surface area contributed by atoms with E-state index in [1.54, 1.807) is 49.5 Å². The number of hydrogen-bond acceptors (Lipinski definition) is 8. The van der Waals surface area contributed by atoms with Crippen molar-refractivity contribution in [2.24, 2.45) is 0 Å². The highest BCUT2D eigenvalue weighted by Crippen LogP contribution is 2.33. The van der Waals surface area contributed by atoms with Crippen LogP contribution in [0.5, 0.6) is 23.1 Å². The van der Waals surface area contributed by atoms with Gasteiger partial charge in [-0.15, -0.1) is 0 Å². The van der Waals surface area contributed by atoms with E-state index < -0.39 is 10.0 Å². The summed E-state index contributed by atoms with van der Waals surface area (Å²) in [6, 6.07) is 12.8. The minimum absolute atomic E-state index is 0.0795. The molecule has 0 saturated heterocycles. The molecule has 11 heteroatoms. The molecular weight excluding hydrogens is 458 g/mol. The van der Waals surface area contributed by atoms with Crippen molar-refractivity contribution in [3.8, 4) is 28.9 Å². The average molecular weight is 480 g/mol. The second-order valence-corrected chi connectivity index (χ2v) is 9.18. The van der Waals surface area contributed by atoms with Crippen molar-refractivity contribution in [2.45, 2.75) is 18.7 Å². The lowest BCUT2D eigenvalue weighted by atomic mass is 10.3. The predicted octanol–water partition coefficient (Wildman–Crippen LogP) is 3.64. The van der Waals surface area contributed by atoms with Crippen LogP contribution in [0.4, 0.5) is 5.69 Å². The third-order valence-electron chi connectivity index (χ3n) is 5.03. The average Bonchev–Trinajstić information content (AvgIpc) is 3.25. The molecule has 1 aliphatic heterocycles. The minimum atomic E-state index is -3.81. The van der Waals surface area contributed by atoms with Crippen molar-refractivity contribution in [1.29, 1.82) is 0 Å². The van der Waals surface area contributed by atoms with Crippen molar-refractivity contribution in [2.75, 3.05) is 17.9 Å². The van der Waals surface area contributed by atoms with Gasteiger partial charge in [-0.05, 0) is 50.2 Å². The maximum absolute atomic E-state index is 12.8. The third kappa shape index (κ3) is 4.50. The van der Waals surface area contributed by atoms with E-state index in [9.17, 15) is 8.42 Å². The number of fused-ring (bicyclic) bond motifs is 1. The van der Waals surface area contributed by atoms with Gasteiger partial charge in [0.15, 0.2) is 11.5 Å². The molecule has 3 heterocycles. The van der Waals surface area contributed by atoms with Gasteiger partial charge in [0.2, 0.25) is 5.88 Å². The summed E-state index contributed by atoms with van der Waals surface area (Å²) in [6.07, 6.45) is 3.50. The molecular formula is C23H21N5O5S. The lowest BCUT2D eigenvalue weighted by Crippen LogP contribution is -2.17. The topological polar surface area (TPSA) is 117 Å². The van der Waals surface area contributed by atoms with E-state index in [-0.39, 0.29) is 4.90 Å².